The lowest BCUT2D eigenvalue weighted by Gasteiger charge is -2.14. The van der Waals surface area contributed by atoms with E-state index in [1.54, 1.807) is 19.2 Å². The molecule has 112 valence electrons. The van der Waals surface area contributed by atoms with E-state index >= 15 is 0 Å². The second-order valence-corrected chi connectivity index (χ2v) is 6.12. The highest BCUT2D eigenvalue weighted by molar-refractivity contribution is 9.10. The van der Waals surface area contributed by atoms with E-state index in [1.165, 1.54) is 25.6 Å². The second-order valence-electron chi connectivity index (χ2n) is 4.21. The molecule has 0 spiro atoms. The largest absolute Gasteiger partial charge is 0.493 e. The first-order valence-electron chi connectivity index (χ1n) is 6.15. The number of hydrogen-bond donors (Lipinski definition) is 0. The fourth-order valence-electron chi connectivity index (χ4n) is 2.02. The zero-order chi connectivity index (χ0) is 15.4. The quantitative estimate of drug-likeness (QED) is 0.721. The summed E-state index contributed by atoms with van der Waals surface area (Å²) in [6, 6.07) is 5.35. The fraction of sp³-hybridized carbons (Fsp3) is 0.267. The van der Waals surface area contributed by atoms with E-state index < -0.39 is 0 Å². The Kier molecular flexibility index (Phi) is 5.25. The van der Waals surface area contributed by atoms with Crippen molar-refractivity contribution in [3.8, 4) is 17.2 Å². The monoisotopic (exact) mass is 370 g/mol. The van der Waals surface area contributed by atoms with Gasteiger partial charge >= 0.3 is 0 Å². The Hall–Kier alpha value is -1.53. The summed E-state index contributed by atoms with van der Waals surface area (Å²) in [5, 5.41) is 1.95. The van der Waals surface area contributed by atoms with Crippen molar-refractivity contribution in [1.29, 1.82) is 0 Å². The highest BCUT2D eigenvalue weighted by atomic mass is 79.9. The van der Waals surface area contributed by atoms with Crippen LogP contribution < -0.4 is 14.2 Å². The summed E-state index contributed by atoms with van der Waals surface area (Å²) in [7, 11) is 4.57. The molecule has 4 nitrogen and oxygen atoms in total. The summed E-state index contributed by atoms with van der Waals surface area (Å²) in [6.45, 7) is 0. The number of Topliss-reactive ketones (excluding diaryl/α,β-unsaturated/α-hetero) is 1. The summed E-state index contributed by atoms with van der Waals surface area (Å²) >= 11 is 4.93. The minimum Gasteiger partial charge on any atom is -0.493 e. The van der Waals surface area contributed by atoms with Crippen LogP contribution in [-0.2, 0) is 6.42 Å². The van der Waals surface area contributed by atoms with E-state index in [9.17, 15) is 4.79 Å². The van der Waals surface area contributed by atoms with Crippen LogP contribution in [0.1, 0.15) is 15.2 Å². The van der Waals surface area contributed by atoms with Crippen molar-refractivity contribution in [2.45, 2.75) is 6.42 Å². The van der Waals surface area contributed by atoms with Crippen LogP contribution in [-0.4, -0.2) is 27.1 Å². The molecular weight excluding hydrogens is 356 g/mol. The Labute approximate surface area is 135 Å². The molecule has 0 saturated carbocycles. The SMILES string of the molecule is COc1ccc(C(=O)Cc2cc(Br)cs2)c(OC)c1OC. The van der Waals surface area contributed by atoms with Gasteiger partial charge in [0.1, 0.15) is 0 Å². The molecule has 0 saturated heterocycles. The Morgan fingerprint density at radius 1 is 1.14 bits per heavy atom. The van der Waals surface area contributed by atoms with E-state index in [-0.39, 0.29) is 5.78 Å². The summed E-state index contributed by atoms with van der Waals surface area (Å²) in [6.07, 6.45) is 0.322. The number of benzene rings is 1. The van der Waals surface area contributed by atoms with Gasteiger partial charge in [0.25, 0.3) is 0 Å². The minimum atomic E-state index is -0.0258. The molecule has 0 atom stereocenters. The molecule has 0 N–H and O–H groups in total. The molecule has 0 aliphatic carbocycles. The predicted molar refractivity (Wildman–Crippen MR) is 86.2 cm³/mol. The maximum absolute atomic E-state index is 12.5. The first kappa shape index (κ1) is 15.9. The first-order valence-corrected chi connectivity index (χ1v) is 7.83. The maximum Gasteiger partial charge on any atom is 0.204 e. The average Bonchev–Trinajstić information content (AvgIpc) is 2.90. The summed E-state index contributed by atoms with van der Waals surface area (Å²) in [5.41, 5.74) is 0.486. The van der Waals surface area contributed by atoms with Gasteiger partial charge in [-0.1, -0.05) is 0 Å². The number of ketones is 1. The number of carbonyl (C=O) groups excluding carboxylic acids is 1. The van der Waals surface area contributed by atoms with Crippen molar-refractivity contribution in [3.63, 3.8) is 0 Å². The molecule has 0 bridgehead atoms. The fourth-order valence-corrected chi connectivity index (χ4v) is 3.47. The highest BCUT2D eigenvalue weighted by Crippen LogP contribution is 2.40. The van der Waals surface area contributed by atoms with Crippen LogP contribution in [0.15, 0.2) is 28.1 Å². The number of methoxy groups -OCH3 is 3. The smallest absolute Gasteiger partial charge is 0.204 e. The molecule has 2 aromatic rings. The number of rotatable bonds is 6. The zero-order valence-electron chi connectivity index (χ0n) is 11.9. The van der Waals surface area contributed by atoms with E-state index in [1.807, 2.05) is 11.4 Å². The topological polar surface area (TPSA) is 44.8 Å². The lowest BCUT2D eigenvalue weighted by molar-refractivity contribution is 0.0990. The third kappa shape index (κ3) is 3.39. The molecule has 21 heavy (non-hydrogen) atoms. The predicted octanol–water partition coefficient (Wildman–Crippen LogP) is 3.96. The van der Waals surface area contributed by atoms with Crippen molar-refractivity contribution in [2.24, 2.45) is 0 Å². The number of hydrogen-bond acceptors (Lipinski definition) is 5. The standard InChI is InChI=1S/C15H15BrO4S/c1-18-13-5-4-11(14(19-2)15(13)20-3)12(17)7-10-6-9(16)8-21-10/h4-6,8H,7H2,1-3H3. The molecule has 0 unspecified atom stereocenters. The summed E-state index contributed by atoms with van der Waals surface area (Å²) in [5.74, 6) is 1.34. The molecule has 0 amide bonds. The van der Waals surface area contributed by atoms with Crippen LogP contribution in [0.3, 0.4) is 0 Å². The molecule has 2 rings (SSSR count). The second kappa shape index (κ2) is 6.95. The highest BCUT2D eigenvalue weighted by Gasteiger charge is 2.21. The van der Waals surface area contributed by atoms with Crippen LogP contribution in [0.25, 0.3) is 0 Å². The van der Waals surface area contributed by atoms with Gasteiger partial charge in [-0.25, -0.2) is 0 Å². The van der Waals surface area contributed by atoms with Crippen LogP contribution in [0.2, 0.25) is 0 Å². The third-order valence-electron chi connectivity index (χ3n) is 2.96. The Morgan fingerprint density at radius 2 is 1.86 bits per heavy atom. The van der Waals surface area contributed by atoms with Gasteiger partial charge in [0.05, 0.1) is 26.9 Å². The van der Waals surface area contributed by atoms with Gasteiger partial charge in [0, 0.05) is 21.2 Å². The molecule has 0 fully saturated rings. The number of carbonyl (C=O) groups is 1. The van der Waals surface area contributed by atoms with Crippen LogP contribution >= 0.6 is 27.3 Å². The van der Waals surface area contributed by atoms with E-state index in [0.717, 1.165) is 9.35 Å². The zero-order valence-corrected chi connectivity index (χ0v) is 14.3. The first-order chi connectivity index (χ1) is 10.1. The van der Waals surface area contributed by atoms with E-state index in [0.29, 0.717) is 29.2 Å². The van der Waals surface area contributed by atoms with Gasteiger partial charge in [-0.2, -0.15) is 0 Å². The van der Waals surface area contributed by atoms with Gasteiger partial charge in [0.15, 0.2) is 17.3 Å². The van der Waals surface area contributed by atoms with Gasteiger partial charge in [-0.05, 0) is 34.1 Å². The Balaban J connectivity index is 2.36. The number of halogens is 1. The molecule has 0 aliphatic rings. The molecule has 1 aromatic carbocycles. The molecular formula is C15H15BrO4S. The molecule has 1 heterocycles. The Morgan fingerprint density at radius 3 is 2.38 bits per heavy atom. The molecule has 0 radical (unpaired) electrons. The van der Waals surface area contributed by atoms with Crippen molar-refractivity contribution in [3.05, 3.63) is 38.5 Å². The number of ether oxygens (including phenoxy) is 3. The maximum atomic E-state index is 12.5. The molecule has 0 aliphatic heterocycles. The summed E-state index contributed by atoms with van der Waals surface area (Å²) < 4.78 is 16.8. The average molecular weight is 371 g/mol. The van der Waals surface area contributed by atoms with Crippen LogP contribution in [0.5, 0.6) is 17.2 Å². The van der Waals surface area contributed by atoms with Gasteiger partial charge < -0.3 is 14.2 Å². The Bertz CT molecular complexity index is 651. The minimum absolute atomic E-state index is 0.0258. The summed E-state index contributed by atoms with van der Waals surface area (Å²) in [4.78, 5) is 13.5. The van der Waals surface area contributed by atoms with Crippen molar-refractivity contribution in [1.82, 2.24) is 0 Å². The van der Waals surface area contributed by atoms with E-state index in [2.05, 4.69) is 15.9 Å². The van der Waals surface area contributed by atoms with Crippen molar-refractivity contribution >= 4 is 33.0 Å². The van der Waals surface area contributed by atoms with Crippen molar-refractivity contribution < 1.29 is 19.0 Å². The number of thiophene rings is 1. The third-order valence-corrected chi connectivity index (χ3v) is 4.66. The van der Waals surface area contributed by atoms with E-state index in [4.69, 9.17) is 14.2 Å². The van der Waals surface area contributed by atoms with Gasteiger partial charge in [-0.3, -0.25) is 4.79 Å². The van der Waals surface area contributed by atoms with Crippen molar-refractivity contribution in [2.75, 3.05) is 21.3 Å². The van der Waals surface area contributed by atoms with Gasteiger partial charge in [-0.15, -0.1) is 11.3 Å². The van der Waals surface area contributed by atoms with Gasteiger partial charge in [0.2, 0.25) is 5.75 Å². The normalized spacial score (nSPS) is 10.3. The van der Waals surface area contributed by atoms with Crippen LogP contribution in [0.4, 0.5) is 0 Å². The molecule has 6 heteroatoms. The lowest BCUT2D eigenvalue weighted by atomic mass is 10.1. The lowest BCUT2D eigenvalue weighted by Crippen LogP contribution is -2.07. The molecule has 1 aromatic heterocycles. The van der Waals surface area contributed by atoms with Crippen LogP contribution in [0, 0.1) is 0 Å².